The van der Waals surface area contributed by atoms with Crippen LogP contribution in [0.5, 0.6) is 0 Å². The van der Waals surface area contributed by atoms with E-state index in [9.17, 15) is 0 Å². The van der Waals surface area contributed by atoms with Gasteiger partial charge in [-0.2, -0.15) is 0 Å². The van der Waals surface area contributed by atoms with Crippen LogP contribution in [0.25, 0.3) is 0 Å². The fourth-order valence-electron chi connectivity index (χ4n) is 4.19. The average molecular weight is 463 g/mol. The Hall–Kier alpha value is -0.860. The lowest BCUT2D eigenvalue weighted by atomic mass is 9.84. The fraction of sp³-hybridized carbons (Fsp3) is 0.806. The summed E-state index contributed by atoms with van der Waals surface area (Å²) in [4.78, 5) is 0. The van der Waals surface area contributed by atoms with E-state index in [0.29, 0.717) is 5.92 Å². The zero-order valence-corrected chi connectivity index (χ0v) is 22.7. The molecule has 3 aliphatic rings. The Morgan fingerprint density at radius 3 is 0.939 bits per heavy atom. The van der Waals surface area contributed by atoms with Crippen molar-refractivity contribution in [2.24, 2.45) is 29.6 Å². The molecule has 0 spiro atoms. The van der Waals surface area contributed by atoms with E-state index >= 15 is 0 Å². The van der Waals surface area contributed by atoms with Crippen molar-refractivity contribution in [2.45, 2.75) is 120 Å². The monoisotopic (exact) mass is 462 g/mol. The van der Waals surface area contributed by atoms with E-state index in [1.807, 2.05) is 6.92 Å². The van der Waals surface area contributed by atoms with Gasteiger partial charge in [0, 0.05) is 5.92 Å². The molecular formula is C31H58O2. The van der Waals surface area contributed by atoms with Crippen molar-refractivity contribution < 1.29 is 9.47 Å². The van der Waals surface area contributed by atoms with Crippen LogP contribution in [0.4, 0.5) is 0 Å². The lowest BCUT2D eigenvalue weighted by molar-refractivity contribution is -0.187. The van der Waals surface area contributed by atoms with Crippen LogP contribution in [0, 0.1) is 43.4 Å². The van der Waals surface area contributed by atoms with E-state index < -0.39 is 0 Å². The second-order valence-electron chi connectivity index (χ2n) is 11.2. The van der Waals surface area contributed by atoms with Gasteiger partial charge in [-0.15, -0.1) is 0 Å². The Morgan fingerprint density at radius 1 is 0.485 bits per heavy atom. The van der Waals surface area contributed by atoms with Crippen LogP contribution in [0.1, 0.15) is 111 Å². The highest BCUT2D eigenvalue weighted by molar-refractivity contribution is 5.19. The molecule has 1 saturated heterocycles. The van der Waals surface area contributed by atoms with Crippen LogP contribution in [0.3, 0.4) is 0 Å². The molecule has 1 heterocycles. The van der Waals surface area contributed by atoms with E-state index in [1.54, 1.807) is 0 Å². The summed E-state index contributed by atoms with van der Waals surface area (Å²) in [7, 11) is 0. The van der Waals surface area contributed by atoms with Gasteiger partial charge >= 0.3 is 0 Å². The maximum atomic E-state index is 5.17. The summed E-state index contributed by atoms with van der Waals surface area (Å²) in [6.45, 7) is 19.4. The summed E-state index contributed by atoms with van der Waals surface area (Å²) in [5.41, 5.74) is 2.66. The molecule has 0 unspecified atom stereocenters. The lowest BCUT2D eigenvalue weighted by Crippen LogP contribution is -2.27. The molecule has 4 rings (SSSR count). The number of hydrogen-bond donors (Lipinski definition) is 0. The van der Waals surface area contributed by atoms with Crippen molar-refractivity contribution in [2.75, 3.05) is 13.2 Å². The molecule has 0 amide bonds. The second kappa shape index (κ2) is 18.5. The smallest absolute Gasteiger partial charge is 0.154 e. The number of hydrogen-bond acceptors (Lipinski definition) is 2. The van der Waals surface area contributed by atoms with Crippen LogP contribution in [0.2, 0.25) is 0 Å². The van der Waals surface area contributed by atoms with Crippen molar-refractivity contribution in [1.82, 2.24) is 0 Å². The number of rotatable bonds is 0. The molecule has 1 aliphatic heterocycles. The molecule has 33 heavy (non-hydrogen) atoms. The van der Waals surface area contributed by atoms with Gasteiger partial charge < -0.3 is 9.47 Å². The van der Waals surface area contributed by atoms with E-state index in [-0.39, 0.29) is 13.7 Å². The average Bonchev–Trinajstić information content (AvgIpc) is 2.78. The van der Waals surface area contributed by atoms with Crippen LogP contribution in [0.15, 0.2) is 24.3 Å². The second-order valence-corrected chi connectivity index (χ2v) is 11.2. The van der Waals surface area contributed by atoms with Crippen LogP contribution in [-0.4, -0.2) is 19.5 Å². The molecule has 0 radical (unpaired) electrons. The third-order valence-corrected chi connectivity index (χ3v) is 7.06. The van der Waals surface area contributed by atoms with Gasteiger partial charge in [0.05, 0.1) is 13.2 Å². The summed E-state index contributed by atoms with van der Waals surface area (Å²) in [5, 5.41) is 0. The number of ether oxygens (including phenoxy) is 2. The molecule has 2 heteroatoms. The van der Waals surface area contributed by atoms with E-state index in [2.05, 4.69) is 72.7 Å². The molecular weight excluding hydrogens is 404 g/mol. The SMILES string of the molecule is C.CC1CCC(C)CC1.CC1CCC(C)CC1.CC1COC(C)OC1.Cc1ccc(C)cc1. The Bertz CT molecular complexity index is 444. The van der Waals surface area contributed by atoms with Crippen LogP contribution in [-0.2, 0) is 9.47 Å². The summed E-state index contributed by atoms with van der Waals surface area (Å²) in [5.74, 6) is 4.65. The van der Waals surface area contributed by atoms with Crippen molar-refractivity contribution in [3.8, 4) is 0 Å². The molecule has 2 aliphatic carbocycles. The summed E-state index contributed by atoms with van der Waals surface area (Å²) < 4.78 is 10.3. The van der Waals surface area contributed by atoms with Crippen molar-refractivity contribution >= 4 is 0 Å². The number of aryl methyl sites for hydroxylation is 2. The van der Waals surface area contributed by atoms with E-state index in [4.69, 9.17) is 9.47 Å². The molecule has 0 N–H and O–H groups in total. The van der Waals surface area contributed by atoms with Gasteiger partial charge in [0.25, 0.3) is 0 Å². The predicted molar refractivity (Wildman–Crippen MR) is 147 cm³/mol. The van der Waals surface area contributed by atoms with Crippen molar-refractivity contribution in [3.63, 3.8) is 0 Å². The van der Waals surface area contributed by atoms with Gasteiger partial charge in [0.1, 0.15) is 0 Å². The zero-order chi connectivity index (χ0) is 23.9. The molecule has 3 fully saturated rings. The quantitative estimate of drug-likeness (QED) is 0.382. The summed E-state index contributed by atoms with van der Waals surface area (Å²) in [6, 6.07) is 8.48. The Morgan fingerprint density at radius 2 is 0.727 bits per heavy atom. The molecule has 0 atom stereocenters. The third kappa shape index (κ3) is 17.3. The van der Waals surface area contributed by atoms with Crippen LogP contribution < -0.4 is 0 Å². The van der Waals surface area contributed by atoms with Crippen LogP contribution >= 0.6 is 0 Å². The predicted octanol–water partition coefficient (Wildman–Crippen LogP) is 9.62. The van der Waals surface area contributed by atoms with Gasteiger partial charge in [-0.3, -0.25) is 0 Å². The van der Waals surface area contributed by atoms with Gasteiger partial charge in [-0.25, -0.2) is 0 Å². The van der Waals surface area contributed by atoms with Gasteiger partial charge in [-0.05, 0) is 44.4 Å². The summed E-state index contributed by atoms with van der Waals surface area (Å²) in [6.07, 6.45) is 11.8. The minimum absolute atomic E-state index is 0. The standard InChI is InChI=1S/2C8H16.C8H10.C6H12O2.CH4/c3*1-7-3-5-8(2)6-4-7;1-5-3-7-6(2)8-4-5;/h2*7-8H,3-6H2,1-2H3;3-6H,1-2H3;5-6H,3-4H2,1-2H3;1H4. The Balaban J connectivity index is 0.000000410. The van der Waals surface area contributed by atoms with Gasteiger partial charge in [-0.1, -0.05) is 129 Å². The fourth-order valence-corrected chi connectivity index (χ4v) is 4.19. The largest absolute Gasteiger partial charge is 0.353 e. The minimum Gasteiger partial charge on any atom is -0.353 e. The maximum absolute atomic E-state index is 5.17. The highest BCUT2D eigenvalue weighted by Gasteiger charge is 2.14. The minimum atomic E-state index is 0. The van der Waals surface area contributed by atoms with Gasteiger partial charge in [0.15, 0.2) is 6.29 Å². The zero-order valence-electron chi connectivity index (χ0n) is 22.7. The maximum Gasteiger partial charge on any atom is 0.154 e. The molecule has 1 aromatic carbocycles. The topological polar surface area (TPSA) is 18.5 Å². The molecule has 0 aromatic heterocycles. The van der Waals surface area contributed by atoms with Gasteiger partial charge in [0.2, 0.25) is 0 Å². The number of benzene rings is 1. The van der Waals surface area contributed by atoms with E-state index in [1.165, 1.54) is 62.5 Å². The Kier molecular flexibility index (Phi) is 18.0. The lowest BCUT2D eigenvalue weighted by Gasteiger charge is -2.24. The molecule has 2 saturated carbocycles. The first-order chi connectivity index (χ1) is 15.2. The van der Waals surface area contributed by atoms with Crippen molar-refractivity contribution in [1.29, 1.82) is 0 Å². The Labute approximate surface area is 208 Å². The molecule has 0 bridgehead atoms. The van der Waals surface area contributed by atoms with E-state index in [0.717, 1.165) is 36.9 Å². The first kappa shape index (κ1) is 32.1. The third-order valence-electron chi connectivity index (χ3n) is 7.06. The molecule has 2 nitrogen and oxygen atoms in total. The highest BCUT2D eigenvalue weighted by atomic mass is 16.7. The van der Waals surface area contributed by atoms with Crippen molar-refractivity contribution in [3.05, 3.63) is 35.4 Å². The normalized spacial score (nSPS) is 31.2. The summed E-state index contributed by atoms with van der Waals surface area (Å²) >= 11 is 0. The first-order valence-electron chi connectivity index (χ1n) is 13.4. The first-order valence-corrected chi connectivity index (χ1v) is 13.4. The molecule has 194 valence electrons. The molecule has 1 aromatic rings. The highest BCUT2D eigenvalue weighted by Crippen LogP contribution is 2.27.